The first-order chi connectivity index (χ1) is 11.0. The Morgan fingerprint density at radius 2 is 1.96 bits per heavy atom. The first-order valence-corrected chi connectivity index (χ1v) is 7.08. The van der Waals surface area contributed by atoms with E-state index in [1.165, 1.54) is 18.2 Å². The van der Waals surface area contributed by atoms with Crippen molar-refractivity contribution in [1.82, 2.24) is 5.32 Å². The lowest BCUT2D eigenvalue weighted by atomic mass is 10.1. The van der Waals surface area contributed by atoms with E-state index in [1.807, 2.05) is 0 Å². The molecular formula is C17H14FNO4. The maximum atomic E-state index is 13.6. The number of carbonyl (C=O) groups excluding carboxylic acids is 1. The van der Waals surface area contributed by atoms with E-state index in [2.05, 4.69) is 5.32 Å². The van der Waals surface area contributed by atoms with Crippen LogP contribution in [0.5, 0.6) is 5.75 Å². The van der Waals surface area contributed by atoms with Gasteiger partial charge in [-0.05, 0) is 23.8 Å². The van der Waals surface area contributed by atoms with Crippen LogP contribution in [-0.2, 0) is 17.8 Å². The molecule has 1 amide bonds. The zero-order chi connectivity index (χ0) is 16.4. The molecule has 1 heterocycles. The van der Waals surface area contributed by atoms with E-state index in [1.54, 1.807) is 24.3 Å². The van der Waals surface area contributed by atoms with Gasteiger partial charge in [-0.3, -0.25) is 4.79 Å². The van der Waals surface area contributed by atoms with Crippen LogP contribution in [0.3, 0.4) is 0 Å². The standard InChI is InChI=1S/C17H14FNO4/c18-13-3-1-2-12-8-14(23-15(12)13)16(20)19-9-10-4-6-11(7-5-10)17(21)22/h1-7,14H,8-9H2,(H,19,20)(H,21,22)/t14-/m1/s1. The van der Waals surface area contributed by atoms with Gasteiger partial charge in [0, 0.05) is 18.5 Å². The van der Waals surface area contributed by atoms with Crippen molar-refractivity contribution in [2.24, 2.45) is 0 Å². The minimum Gasteiger partial charge on any atom is -0.478 e. The maximum absolute atomic E-state index is 13.6. The number of halogens is 1. The predicted molar refractivity (Wildman–Crippen MR) is 79.8 cm³/mol. The van der Waals surface area contributed by atoms with Crippen molar-refractivity contribution in [2.45, 2.75) is 19.1 Å². The fourth-order valence-corrected chi connectivity index (χ4v) is 2.44. The Bertz CT molecular complexity index is 758. The molecule has 0 saturated carbocycles. The molecule has 6 heteroatoms. The number of hydrogen-bond acceptors (Lipinski definition) is 3. The normalized spacial score (nSPS) is 15.6. The van der Waals surface area contributed by atoms with E-state index in [0.717, 1.165) is 5.56 Å². The van der Waals surface area contributed by atoms with Crippen LogP contribution in [0.4, 0.5) is 4.39 Å². The highest BCUT2D eigenvalue weighted by Crippen LogP contribution is 2.31. The molecule has 0 spiro atoms. The van der Waals surface area contributed by atoms with Crippen molar-refractivity contribution < 1.29 is 23.8 Å². The molecule has 0 fully saturated rings. The second-order valence-corrected chi connectivity index (χ2v) is 5.26. The van der Waals surface area contributed by atoms with Crippen molar-refractivity contribution in [1.29, 1.82) is 0 Å². The van der Waals surface area contributed by atoms with Gasteiger partial charge in [-0.2, -0.15) is 0 Å². The summed E-state index contributed by atoms with van der Waals surface area (Å²) in [4.78, 5) is 22.9. The van der Waals surface area contributed by atoms with Crippen LogP contribution in [0.25, 0.3) is 0 Å². The minimum atomic E-state index is -1.00. The first-order valence-electron chi connectivity index (χ1n) is 7.08. The number of ether oxygens (including phenoxy) is 1. The van der Waals surface area contributed by atoms with Gasteiger partial charge in [0.2, 0.25) is 0 Å². The van der Waals surface area contributed by atoms with Gasteiger partial charge in [-0.1, -0.05) is 24.3 Å². The number of carboxylic acid groups (broad SMARTS) is 1. The summed E-state index contributed by atoms with van der Waals surface area (Å²) in [7, 11) is 0. The van der Waals surface area contributed by atoms with Crippen molar-refractivity contribution in [3.8, 4) is 5.75 Å². The minimum absolute atomic E-state index is 0.137. The Balaban J connectivity index is 1.58. The number of benzene rings is 2. The molecule has 2 aromatic rings. The number of fused-ring (bicyclic) bond motifs is 1. The molecule has 0 bridgehead atoms. The number of carbonyl (C=O) groups is 2. The second-order valence-electron chi connectivity index (χ2n) is 5.26. The molecule has 1 atom stereocenters. The average molecular weight is 315 g/mol. The van der Waals surface area contributed by atoms with E-state index < -0.39 is 17.9 Å². The highest BCUT2D eigenvalue weighted by atomic mass is 19.1. The molecule has 5 nitrogen and oxygen atoms in total. The van der Waals surface area contributed by atoms with Gasteiger partial charge < -0.3 is 15.2 Å². The van der Waals surface area contributed by atoms with E-state index in [-0.39, 0.29) is 23.8 Å². The predicted octanol–water partition coefficient (Wildman–Crippen LogP) is 2.14. The van der Waals surface area contributed by atoms with Gasteiger partial charge in [-0.15, -0.1) is 0 Å². The summed E-state index contributed by atoms with van der Waals surface area (Å²) in [6.07, 6.45) is -0.420. The van der Waals surface area contributed by atoms with Crippen LogP contribution >= 0.6 is 0 Å². The van der Waals surface area contributed by atoms with Gasteiger partial charge in [0.1, 0.15) is 0 Å². The largest absolute Gasteiger partial charge is 0.478 e. The smallest absolute Gasteiger partial charge is 0.335 e. The maximum Gasteiger partial charge on any atom is 0.335 e. The lowest BCUT2D eigenvalue weighted by Crippen LogP contribution is -2.37. The third-order valence-electron chi connectivity index (χ3n) is 3.67. The van der Waals surface area contributed by atoms with Crippen LogP contribution in [0, 0.1) is 5.82 Å². The Hall–Kier alpha value is -2.89. The number of amides is 1. The Labute approximate surface area is 131 Å². The zero-order valence-corrected chi connectivity index (χ0v) is 12.1. The van der Waals surface area contributed by atoms with E-state index in [0.29, 0.717) is 12.0 Å². The third kappa shape index (κ3) is 3.15. The summed E-state index contributed by atoms with van der Waals surface area (Å²) in [6, 6.07) is 10.8. The Kier molecular flexibility index (Phi) is 3.97. The van der Waals surface area contributed by atoms with Crippen molar-refractivity contribution in [3.05, 3.63) is 65.0 Å². The zero-order valence-electron chi connectivity index (χ0n) is 12.1. The molecule has 2 aromatic carbocycles. The van der Waals surface area contributed by atoms with Gasteiger partial charge in [0.15, 0.2) is 17.7 Å². The van der Waals surface area contributed by atoms with E-state index >= 15 is 0 Å². The van der Waals surface area contributed by atoms with Crippen LogP contribution in [0.2, 0.25) is 0 Å². The van der Waals surface area contributed by atoms with E-state index in [4.69, 9.17) is 9.84 Å². The first kappa shape index (κ1) is 15.0. The lowest BCUT2D eigenvalue weighted by Gasteiger charge is -2.11. The molecule has 23 heavy (non-hydrogen) atoms. The monoisotopic (exact) mass is 315 g/mol. The third-order valence-corrected chi connectivity index (χ3v) is 3.67. The topological polar surface area (TPSA) is 75.6 Å². The fourth-order valence-electron chi connectivity index (χ4n) is 2.44. The SMILES string of the molecule is O=C(O)c1ccc(CNC(=O)[C@H]2Cc3cccc(F)c3O2)cc1. The van der Waals surface area contributed by atoms with E-state index in [9.17, 15) is 14.0 Å². The molecule has 0 saturated heterocycles. The molecule has 0 aliphatic carbocycles. The lowest BCUT2D eigenvalue weighted by molar-refractivity contribution is -0.127. The summed E-state index contributed by atoms with van der Waals surface area (Å²) < 4.78 is 19.0. The molecule has 1 aliphatic heterocycles. The van der Waals surface area contributed by atoms with Crippen LogP contribution in [0.15, 0.2) is 42.5 Å². The average Bonchev–Trinajstić information content (AvgIpc) is 2.99. The van der Waals surface area contributed by atoms with Gasteiger partial charge >= 0.3 is 5.97 Å². The summed E-state index contributed by atoms with van der Waals surface area (Å²) in [6.45, 7) is 0.247. The molecular weight excluding hydrogens is 301 g/mol. The van der Waals surface area contributed by atoms with Crippen molar-refractivity contribution in [3.63, 3.8) is 0 Å². The van der Waals surface area contributed by atoms with Crippen LogP contribution < -0.4 is 10.1 Å². The molecule has 3 rings (SSSR count). The molecule has 0 radical (unpaired) electrons. The van der Waals surface area contributed by atoms with Crippen LogP contribution in [0.1, 0.15) is 21.5 Å². The molecule has 0 aromatic heterocycles. The number of rotatable bonds is 4. The second kappa shape index (κ2) is 6.08. The summed E-state index contributed by atoms with van der Waals surface area (Å²) in [5.74, 6) is -1.66. The number of aromatic carboxylic acids is 1. The quantitative estimate of drug-likeness (QED) is 0.906. The van der Waals surface area contributed by atoms with Gasteiger partial charge in [0.05, 0.1) is 5.56 Å². The molecule has 2 N–H and O–H groups in total. The highest BCUT2D eigenvalue weighted by Gasteiger charge is 2.30. The summed E-state index contributed by atoms with van der Waals surface area (Å²) in [5.41, 5.74) is 1.63. The molecule has 118 valence electrons. The molecule has 1 aliphatic rings. The number of hydrogen-bond donors (Lipinski definition) is 2. The number of para-hydroxylation sites is 1. The fraction of sp³-hybridized carbons (Fsp3) is 0.176. The Morgan fingerprint density at radius 1 is 1.22 bits per heavy atom. The Morgan fingerprint density at radius 3 is 2.61 bits per heavy atom. The van der Waals surface area contributed by atoms with Gasteiger partial charge in [0.25, 0.3) is 5.91 Å². The summed E-state index contributed by atoms with van der Waals surface area (Å²) in [5, 5.41) is 11.5. The summed E-state index contributed by atoms with van der Waals surface area (Å²) >= 11 is 0. The number of carboxylic acids is 1. The van der Waals surface area contributed by atoms with Crippen molar-refractivity contribution >= 4 is 11.9 Å². The highest BCUT2D eigenvalue weighted by molar-refractivity contribution is 5.87. The van der Waals surface area contributed by atoms with Crippen molar-refractivity contribution in [2.75, 3.05) is 0 Å². The number of nitrogens with one attached hydrogen (secondary N) is 1. The molecule has 0 unspecified atom stereocenters. The van der Waals surface area contributed by atoms with Gasteiger partial charge in [-0.25, -0.2) is 9.18 Å². The van der Waals surface area contributed by atoms with Crippen LogP contribution in [-0.4, -0.2) is 23.1 Å².